The summed E-state index contributed by atoms with van der Waals surface area (Å²) in [7, 11) is 0. The molecular formula is C16H21FN4O2. The van der Waals surface area contributed by atoms with Crippen LogP contribution in [0.2, 0.25) is 0 Å². The Kier molecular flexibility index (Phi) is 4.88. The average Bonchev–Trinajstić information content (AvgIpc) is 2.87. The van der Waals surface area contributed by atoms with Gasteiger partial charge in [0.2, 0.25) is 0 Å². The smallest absolute Gasteiger partial charge is 0.270 e. The molecular weight excluding hydrogens is 299 g/mol. The molecule has 0 spiro atoms. The highest BCUT2D eigenvalue weighted by Crippen LogP contribution is 2.13. The highest BCUT2D eigenvalue weighted by molar-refractivity contribution is 5.94. The largest absolute Gasteiger partial charge is 0.379 e. The summed E-state index contributed by atoms with van der Waals surface area (Å²) < 4.78 is 20.2. The second-order valence-corrected chi connectivity index (χ2v) is 5.68. The van der Waals surface area contributed by atoms with Crippen molar-refractivity contribution in [3.8, 4) is 0 Å². The number of carbonyl (C=O) groups excluding carboxylic acids is 1. The molecule has 0 bridgehead atoms. The number of aromatic nitrogens is 2. The van der Waals surface area contributed by atoms with Crippen LogP contribution in [0.1, 0.15) is 22.6 Å². The van der Waals surface area contributed by atoms with E-state index in [9.17, 15) is 9.18 Å². The highest BCUT2D eigenvalue weighted by Gasteiger charge is 2.17. The number of hydrogen-bond acceptors (Lipinski definition) is 4. The van der Waals surface area contributed by atoms with Gasteiger partial charge in [0.15, 0.2) is 0 Å². The van der Waals surface area contributed by atoms with Crippen LogP contribution in [0.25, 0.3) is 5.65 Å². The molecule has 1 aliphatic heterocycles. The predicted octanol–water partition coefficient (Wildman–Crippen LogP) is 1.23. The van der Waals surface area contributed by atoms with Crippen LogP contribution in [0.5, 0.6) is 0 Å². The summed E-state index contributed by atoms with van der Waals surface area (Å²) >= 11 is 0. The van der Waals surface area contributed by atoms with Gasteiger partial charge in [0, 0.05) is 25.8 Å². The molecule has 0 unspecified atom stereocenters. The molecule has 1 saturated heterocycles. The lowest BCUT2D eigenvalue weighted by Crippen LogP contribution is -2.38. The van der Waals surface area contributed by atoms with Gasteiger partial charge >= 0.3 is 0 Å². The van der Waals surface area contributed by atoms with Gasteiger partial charge in [-0.3, -0.25) is 14.1 Å². The van der Waals surface area contributed by atoms with E-state index in [4.69, 9.17) is 4.74 Å². The Hall–Kier alpha value is -1.99. The van der Waals surface area contributed by atoms with Crippen molar-refractivity contribution in [3.63, 3.8) is 0 Å². The third-order valence-electron chi connectivity index (χ3n) is 4.01. The van der Waals surface area contributed by atoms with Crippen molar-refractivity contribution in [3.05, 3.63) is 35.5 Å². The van der Waals surface area contributed by atoms with Crippen LogP contribution < -0.4 is 5.32 Å². The van der Waals surface area contributed by atoms with Crippen LogP contribution >= 0.6 is 0 Å². The first-order chi connectivity index (χ1) is 11.1. The zero-order valence-electron chi connectivity index (χ0n) is 13.2. The van der Waals surface area contributed by atoms with E-state index in [0.717, 1.165) is 39.3 Å². The van der Waals surface area contributed by atoms with Crippen LogP contribution in [0, 0.1) is 12.7 Å². The van der Waals surface area contributed by atoms with Crippen molar-refractivity contribution in [2.24, 2.45) is 0 Å². The van der Waals surface area contributed by atoms with E-state index in [1.165, 1.54) is 16.7 Å². The van der Waals surface area contributed by atoms with Crippen LogP contribution in [-0.2, 0) is 4.74 Å². The topological polar surface area (TPSA) is 58.9 Å². The molecule has 2 aromatic heterocycles. The number of pyridine rings is 1. The Morgan fingerprint density at radius 3 is 2.96 bits per heavy atom. The number of amides is 1. The van der Waals surface area contributed by atoms with Gasteiger partial charge in [0.25, 0.3) is 5.91 Å². The average molecular weight is 320 g/mol. The van der Waals surface area contributed by atoms with Gasteiger partial charge in [-0.05, 0) is 32.0 Å². The van der Waals surface area contributed by atoms with E-state index in [1.54, 1.807) is 13.0 Å². The number of fused-ring (bicyclic) bond motifs is 1. The Labute approximate surface area is 134 Å². The molecule has 3 rings (SSSR count). The summed E-state index contributed by atoms with van der Waals surface area (Å²) in [5.41, 5.74) is 1.56. The number of rotatable bonds is 5. The lowest BCUT2D eigenvalue weighted by molar-refractivity contribution is 0.0374. The van der Waals surface area contributed by atoms with E-state index < -0.39 is 5.82 Å². The number of aryl methyl sites for hydroxylation is 1. The molecule has 0 atom stereocenters. The minimum Gasteiger partial charge on any atom is -0.379 e. The maximum atomic E-state index is 13.4. The number of halogens is 1. The minimum atomic E-state index is -0.392. The van der Waals surface area contributed by atoms with Gasteiger partial charge in [0.1, 0.15) is 17.2 Å². The molecule has 1 amide bonds. The van der Waals surface area contributed by atoms with Crippen molar-refractivity contribution in [2.45, 2.75) is 13.3 Å². The van der Waals surface area contributed by atoms with Crippen molar-refractivity contribution < 1.29 is 13.9 Å². The molecule has 0 aliphatic carbocycles. The van der Waals surface area contributed by atoms with Gasteiger partial charge in [0.05, 0.1) is 18.9 Å². The van der Waals surface area contributed by atoms with Crippen molar-refractivity contribution in [2.75, 3.05) is 39.4 Å². The second-order valence-electron chi connectivity index (χ2n) is 5.68. The third-order valence-corrected chi connectivity index (χ3v) is 4.01. The molecule has 0 saturated carbocycles. The zero-order valence-corrected chi connectivity index (χ0v) is 13.2. The first kappa shape index (κ1) is 15.9. The molecule has 1 aliphatic rings. The fraction of sp³-hybridized carbons (Fsp3) is 0.500. The number of ether oxygens (including phenoxy) is 1. The van der Waals surface area contributed by atoms with Gasteiger partial charge in [-0.2, -0.15) is 0 Å². The molecule has 1 N–H and O–H groups in total. The number of nitrogens with zero attached hydrogens (tertiary/aromatic N) is 3. The quantitative estimate of drug-likeness (QED) is 0.842. The number of hydrogen-bond donors (Lipinski definition) is 1. The first-order valence-electron chi connectivity index (χ1n) is 7.87. The molecule has 3 heterocycles. The maximum absolute atomic E-state index is 13.4. The maximum Gasteiger partial charge on any atom is 0.270 e. The normalized spacial score (nSPS) is 15.9. The lowest BCUT2D eigenvalue weighted by Gasteiger charge is -2.26. The van der Waals surface area contributed by atoms with E-state index in [0.29, 0.717) is 23.6 Å². The van der Waals surface area contributed by atoms with E-state index in [-0.39, 0.29) is 5.91 Å². The van der Waals surface area contributed by atoms with Crippen LogP contribution in [-0.4, -0.2) is 59.6 Å². The molecule has 2 aromatic rings. The van der Waals surface area contributed by atoms with E-state index >= 15 is 0 Å². The van der Waals surface area contributed by atoms with E-state index in [1.807, 2.05) is 0 Å². The second kappa shape index (κ2) is 7.06. The van der Waals surface area contributed by atoms with Crippen molar-refractivity contribution in [1.29, 1.82) is 0 Å². The van der Waals surface area contributed by atoms with Crippen LogP contribution in [0.15, 0.2) is 18.3 Å². The number of nitrogens with one attached hydrogen (secondary N) is 1. The molecule has 1 fully saturated rings. The molecule has 0 radical (unpaired) electrons. The summed E-state index contributed by atoms with van der Waals surface area (Å²) in [5, 5.41) is 2.90. The molecule has 23 heavy (non-hydrogen) atoms. The number of imidazole rings is 1. The summed E-state index contributed by atoms with van der Waals surface area (Å²) in [6.07, 6.45) is 2.16. The van der Waals surface area contributed by atoms with Crippen LogP contribution in [0.3, 0.4) is 0 Å². The molecule has 7 heteroatoms. The van der Waals surface area contributed by atoms with E-state index in [2.05, 4.69) is 15.2 Å². The highest BCUT2D eigenvalue weighted by atomic mass is 19.1. The van der Waals surface area contributed by atoms with Crippen molar-refractivity contribution >= 4 is 11.6 Å². The molecule has 0 aromatic carbocycles. The fourth-order valence-corrected chi connectivity index (χ4v) is 2.82. The van der Waals surface area contributed by atoms with Gasteiger partial charge in [-0.15, -0.1) is 0 Å². The SMILES string of the molecule is Cc1nc2ccc(F)cn2c1C(=O)NCCCN1CCOCC1. The predicted molar refractivity (Wildman–Crippen MR) is 84.1 cm³/mol. The lowest BCUT2D eigenvalue weighted by atomic mass is 10.3. The van der Waals surface area contributed by atoms with Gasteiger partial charge in [-0.1, -0.05) is 0 Å². The van der Waals surface area contributed by atoms with Gasteiger partial charge < -0.3 is 10.1 Å². The zero-order chi connectivity index (χ0) is 16.2. The van der Waals surface area contributed by atoms with Gasteiger partial charge in [-0.25, -0.2) is 9.37 Å². The number of carbonyl (C=O) groups is 1. The Bertz CT molecular complexity index is 695. The molecule has 124 valence electrons. The summed E-state index contributed by atoms with van der Waals surface area (Å²) in [6.45, 7) is 6.72. The Morgan fingerprint density at radius 1 is 1.39 bits per heavy atom. The fourth-order valence-electron chi connectivity index (χ4n) is 2.82. The number of morpholine rings is 1. The Morgan fingerprint density at radius 2 is 2.17 bits per heavy atom. The first-order valence-corrected chi connectivity index (χ1v) is 7.87. The third kappa shape index (κ3) is 3.68. The standard InChI is InChI=1S/C16H21FN4O2/c1-12-15(21-11-13(17)3-4-14(21)19-12)16(22)18-5-2-6-20-7-9-23-10-8-20/h3-4,11H,2,5-10H2,1H3,(H,18,22). The summed E-state index contributed by atoms with van der Waals surface area (Å²) in [6, 6.07) is 2.91. The summed E-state index contributed by atoms with van der Waals surface area (Å²) in [4.78, 5) is 19.0. The Balaban J connectivity index is 1.58. The van der Waals surface area contributed by atoms with Crippen molar-refractivity contribution in [1.82, 2.24) is 19.6 Å². The summed E-state index contributed by atoms with van der Waals surface area (Å²) in [5.74, 6) is -0.612. The minimum absolute atomic E-state index is 0.220. The van der Waals surface area contributed by atoms with Crippen LogP contribution in [0.4, 0.5) is 4.39 Å². The molecule has 6 nitrogen and oxygen atoms in total. The monoisotopic (exact) mass is 320 g/mol.